The van der Waals surface area contributed by atoms with Crippen LogP contribution in [0.3, 0.4) is 0 Å². The SMILES string of the molecule is Oc1cc(O)c2c(c1)O[C@H](c1ccc(O)c(O)c1)[C@@H](O)C2O. The van der Waals surface area contributed by atoms with Gasteiger partial charge in [0.25, 0.3) is 0 Å². The van der Waals surface area contributed by atoms with E-state index in [1.54, 1.807) is 0 Å². The Morgan fingerprint density at radius 2 is 1.55 bits per heavy atom. The van der Waals surface area contributed by atoms with Crippen LogP contribution in [0.2, 0.25) is 0 Å². The number of phenolic OH excluding ortho intramolecular Hbond substituents is 4. The second-order valence-electron chi connectivity index (χ2n) is 5.10. The first-order valence-corrected chi connectivity index (χ1v) is 6.49. The van der Waals surface area contributed by atoms with Gasteiger partial charge in [-0.1, -0.05) is 6.07 Å². The molecule has 1 unspecified atom stereocenters. The van der Waals surface area contributed by atoms with E-state index in [-0.39, 0.29) is 22.8 Å². The fourth-order valence-corrected chi connectivity index (χ4v) is 2.52. The van der Waals surface area contributed by atoms with Gasteiger partial charge in [0.15, 0.2) is 17.6 Å². The Kier molecular flexibility index (Phi) is 3.23. The lowest BCUT2D eigenvalue weighted by Crippen LogP contribution is -2.34. The van der Waals surface area contributed by atoms with E-state index in [1.165, 1.54) is 24.3 Å². The molecular weight excluding hydrogens is 292 g/mol. The molecule has 6 N–H and O–H groups in total. The predicted octanol–water partition coefficient (Wildman–Crippen LogP) is 1.04. The Morgan fingerprint density at radius 1 is 0.818 bits per heavy atom. The van der Waals surface area contributed by atoms with Crippen LogP contribution in [0.25, 0.3) is 0 Å². The highest BCUT2D eigenvalue weighted by Gasteiger charge is 2.39. The number of ether oxygens (including phenoxy) is 1. The quantitative estimate of drug-likeness (QED) is 0.434. The molecule has 3 rings (SSSR count). The van der Waals surface area contributed by atoms with E-state index in [0.717, 1.165) is 6.07 Å². The second-order valence-corrected chi connectivity index (χ2v) is 5.10. The smallest absolute Gasteiger partial charge is 0.157 e. The standard InChI is InChI=1S/C15H14O7/c16-7-4-10(19)12-11(5-7)22-15(14(21)13(12)20)6-1-2-8(17)9(18)3-6/h1-5,13-21H/t13?,14-,15+/m0/s1. The van der Waals surface area contributed by atoms with Crippen LogP contribution in [0.1, 0.15) is 23.3 Å². The number of phenols is 4. The van der Waals surface area contributed by atoms with Crippen LogP contribution in [-0.2, 0) is 0 Å². The van der Waals surface area contributed by atoms with Crippen LogP contribution in [0.4, 0.5) is 0 Å². The summed E-state index contributed by atoms with van der Waals surface area (Å²) in [7, 11) is 0. The van der Waals surface area contributed by atoms with Crippen LogP contribution in [0.5, 0.6) is 28.7 Å². The molecule has 7 nitrogen and oxygen atoms in total. The van der Waals surface area contributed by atoms with Crippen LogP contribution in [0, 0.1) is 0 Å². The lowest BCUT2D eigenvalue weighted by atomic mass is 9.91. The summed E-state index contributed by atoms with van der Waals surface area (Å²) >= 11 is 0. The van der Waals surface area contributed by atoms with Gasteiger partial charge in [-0.25, -0.2) is 0 Å². The lowest BCUT2D eigenvalue weighted by molar-refractivity contribution is -0.0711. The predicted molar refractivity (Wildman–Crippen MR) is 73.9 cm³/mol. The molecule has 0 aromatic heterocycles. The molecule has 2 aromatic carbocycles. The molecule has 0 spiro atoms. The maximum absolute atomic E-state index is 10.2. The largest absolute Gasteiger partial charge is 0.508 e. The van der Waals surface area contributed by atoms with E-state index >= 15 is 0 Å². The van der Waals surface area contributed by atoms with Gasteiger partial charge < -0.3 is 35.4 Å². The van der Waals surface area contributed by atoms with Crippen LogP contribution in [-0.4, -0.2) is 36.7 Å². The van der Waals surface area contributed by atoms with Crippen LogP contribution >= 0.6 is 0 Å². The molecule has 0 saturated carbocycles. The zero-order valence-corrected chi connectivity index (χ0v) is 11.2. The number of aromatic hydroxyl groups is 4. The second kappa shape index (κ2) is 4.97. The molecule has 0 fully saturated rings. The summed E-state index contributed by atoms with van der Waals surface area (Å²) in [6, 6.07) is 6.08. The minimum atomic E-state index is -1.44. The van der Waals surface area contributed by atoms with Crippen molar-refractivity contribution in [1.29, 1.82) is 0 Å². The molecule has 3 atom stereocenters. The van der Waals surface area contributed by atoms with Crippen molar-refractivity contribution in [2.75, 3.05) is 0 Å². The summed E-state index contributed by atoms with van der Waals surface area (Å²) in [4.78, 5) is 0. The number of aliphatic hydroxyl groups is 2. The molecule has 2 aromatic rings. The number of aliphatic hydroxyl groups excluding tert-OH is 2. The first kappa shape index (κ1) is 14.3. The number of hydrogen-bond donors (Lipinski definition) is 6. The molecular formula is C15H14O7. The summed E-state index contributed by atoms with van der Waals surface area (Å²) in [6.07, 6.45) is -3.90. The number of fused-ring (bicyclic) bond motifs is 1. The van der Waals surface area contributed by atoms with E-state index < -0.39 is 29.8 Å². The molecule has 0 bridgehead atoms. The fraction of sp³-hybridized carbons (Fsp3) is 0.200. The minimum Gasteiger partial charge on any atom is -0.508 e. The Morgan fingerprint density at radius 3 is 2.23 bits per heavy atom. The first-order chi connectivity index (χ1) is 10.4. The summed E-state index contributed by atoms with van der Waals surface area (Å²) in [5.41, 5.74) is 0.292. The van der Waals surface area contributed by atoms with Gasteiger partial charge in [-0.2, -0.15) is 0 Å². The van der Waals surface area contributed by atoms with E-state index in [0.29, 0.717) is 5.56 Å². The van der Waals surface area contributed by atoms with Crippen LogP contribution < -0.4 is 4.74 Å². The van der Waals surface area contributed by atoms with Crippen molar-refractivity contribution in [2.24, 2.45) is 0 Å². The summed E-state index contributed by atoms with van der Waals surface area (Å²) in [5, 5.41) is 58.5. The van der Waals surface area contributed by atoms with E-state index in [9.17, 15) is 30.6 Å². The monoisotopic (exact) mass is 306 g/mol. The Bertz CT molecular complexity index is 728. The van der Waals surface area contributed by atoms with Crippen molar-refractivity contribution in [3.05, 3.63) is 41.5 Å². The highest BCUT2D eigenvalue weighted by Crippen LogP contribution is 2.47. The molecule has 1 heterocycles. The third-order valence-electron chi connectivity index (χ3n) is 3.62. The maximum Gasteiger partial charge on any atom is 0.157 e. The molecule has 1 aliphatic rings. The van der Waals surface area contributed by atoms with Gasteiger partial charge in [0.2, 0.25) is 0 Å². The van der Waals surface area contributed by atoms with Crippen molar-refractivity contribution in [2.45, 2.75) is 18.3 Å². The normalized spacial score (nSPS) is 23.6. The Hall–Kier alpha value is -2.64. The Balaban J connectivity index is 2.06. The first-order valence-electron chi connectivity index (χ1n) is 6.49. The highest BCUT2D eigenvalue weighted by molar-refractivity contribution is 5.53. The summed E-state index contributed by atoms with van der Waals surface area (Å²) < 4.78 is 5.53. The zero-order valence-electron chi connectivity index (χ0n) is 11.2. The average Bonchev–Trinajstić information content (AvgIpc) is 2.45. The van der Waals surface area contributed by atoms with Gasteiger partial charge in [-0.05, 0) is 17.7 Å². The molecule has 1 aliphatic heterocycles. The van der Waals surface area contributed by atoms with Gasteiger partial charge in [0.05, 0.1) is 5.56 Å². The number of hydrogen-bond acceptors (Lipinski definition) is 7. The van der Waals surface area contributed by atoms with E-state index in [2.05, 4.69) is 0 Å². The lowest BCUT2D eigenvalue weighted by Gasteiger charge is -2.34. The zero-order chi connectivity index (χ0) is 16.0. The maximum atomic E-state index is 10.2. The average molecular weight is 306 g/mol. The van der Waals surface area contributed by atoms with Crippen molar-refractivity contribution >= 4 is 0 Å². The van der Waals surface area contributed by atoms with Crippen molar-refractivity contribution < 1.29 is 35.4 Å². The van der Waals surface area contributed by atoms with E-state index in [4.69, 9.17) is 4.74 Å². The summed E-state index contributed by atoms with van der Waals surface area (Å²) in [6.45, 7) is 0. The van der Waals surface area contributed by atoms with Gasteiger partial charge in [0, 0.05) is 12.1 Å². The minimum absolute atomic E-state index is 0.0212. The van der Waals surface area contributed by atoms with E-state index in [1.807, 2.05) is 0 Å². The molecule has 0 radical (unpaired) electrons. The van der Waals surface area contributed by atoms with Crippen molar-refractivity contribution in [3.8, 4) is 28.7 Å². The number of benzene rings is 2. The molecule has 7 heteroatoms. The summed E-state index contributed by atoms with van der Waals surface area (Å²) in [5.74, 6) is -1.36. The highest BCUT2D eigenvalue weighted by atomic mass is 16.5. The van der Waals surface area contributed by atoms with Gasteiger partial charge in [-0.3, -0.25) is 0 Å². The molecule has 0 amide bonds. The molecule has 0 saturated heterocycles. The van der Waals surface area contributed by atoms with Crippen LogP contribution in [0.15, 0.2) is 30.3 Å². The fourth-order valence-electron chi connectivity index (χ4n) is 2.52. The van der Waals surface area contributed by atoms with Gasteiger partial charge in [-0.15, -0.1) is 0 Å². The van der Waals surface area contributed by atoms with Crippen molar-refractivity contribution in [1.82, 2.24) is 0 Å². The van der Waals surface area contributed by atoms with Crippen molar-refractivity contribution in [3.63, 3.8) is 0 Å². The third-order valence-corrected chi connectivity index (χ3v) is 3.62. The molecule has 22 heavy (non-hydrogen) atoms. The van der Waals surface area contributed by atoms with Gasteiger partial charge >= 0.3 is 0 Å². The topological polar surface area (TPSA) is 131 Å². The Labute approximate surface area is 124 Å². The molecule has 0 aliphatic carbocycles. The molecule has 116 valence electrons. The number of rotatable bonds is 1. The van der Waals surface area contributed by atoms with Gasteiger partial charge in [0.1, 0.15) is 29.5 Å². The third kappa shape index (κ3) is 2.16.